The molecule has 7 unspecified atom stereocenters. The number of aliphatic hydroxyl groups is 6. The predicted molar refractivity (Wildman–Crippen MR) is 103 cm³/mol. The average Bonchev–Trinajstić information content (AvgIpc) is 2.69. The van der Waals surface area contributed by atoms with E-state index in [0.717, 1.165) is 0 Å². The second kappa shape index (κ2) is 10.2. The largest absolute Gasteiger partial charge is 0.493 e. The lowest BCUT2D eigenvalue weighted by molar-refractivity contribution is -0.308. The van der Waals surface area contributed by atoms with Crippen LogP contribution < -0.4 is 5.73 Å². The van der Waals surface area contributed by atoms with Gasteiger partial charge < -0.3 is 55.7 Å². The number of aliphatic carboxylic acids is 1. The van der Waals surface area contributed by atoms with Crippen molar-refractivity contribution in [3.8, 4) is 0 Å². The van der Waals surface area contributed by atoms with Gasteiger partial charge in [-0.1, -0.05) is 0 Å². The number of hydrogen-bond donors (Lipinski definition) is 8. The first kappa shape index (κ1) is 25.4. The molecule has 1 aliphatic heterocycles. The quantitative estimate of drug-likeness (QED) is 0.180. The van der Waals surface area contributed by atoms with Crippen LogP contribution in [0.1, 0.15) is 19.8 Å². The Morgan fingerprint density at radius 1 is 1.29 bits per heavy atom. The van der Waals surface area contributed by atoms with Crippen molar-refractivity contribution in [2.24, 2.45) is 10.7 Å². The molecule has 2 aliphatic rings. The molecule has 0 saturated carbocycles. The van der Waals surface area contributed by atoms with Gasteiger partial charge in [0.2, 0.25) is 0 Å². The molecule has 9 N–H and O–H groups in total. The van der Waals surface area contributed by atoms with Crippen molar-refractivity contribution in [2.75, 3.05) is 20.3 Å². The second-order valence-electron chi connectivity index (χ2n) is 7.74. The topological polar surface area (TPSA) is 225 Å². The highest BCUT2D eigenvalue weighted by molar-refractivity contribution is 6.01. The Morgan fingerprint density at radius 2 is 1.94 bits per heavy atom. The summed E-state index contributed by atoms with van der Waals surface area (Å²) < 4.78 is 15.8. The van der Waals surface area contributed by atoms with E-state index in [4.69, 9.17) is 19.9 Å². The smallest absolute Gasteiger partial charge is 0.331 e. The summed E-state index contributed by atoms with van der Waals surface area (Å²) >= 11 is 0. The molecule has 0 aromatic carbocycles. The normalized spacial score (nSPS) is 37.5. The Bertz CT molecular complexity index is 711. The number of rotatable bonds is 8. The van der Waals surface area contributed by atoms with E-state index in [-0.39, 0.29) is 30.0 Å². The molecule has 0 aromatic heterocycles. The first-order valence-corrected chi connectivity index (χ1v) is 9.59. The molecule has 178 valence electrons. The van der Waals surface area contributed by atoms with E-state index in [1.165, 1.54) is 14.0 Å². The number of carboxylic acid groups (broad SMARTS) is 1. The van der Waals surface area contributed by atoms with E-state index in [9.17, 15) is 40.5 Å². The predicted octanol–water partition coefficient (Wildman–Crippen LogP) is -3.58. The summed E-state index contributed by atoms with van der Waals surface area (Å²) in [6.45, 7) is 0.118. The number of aliphatic hydroxyl groups excluding tert-OH is 5. The molecule has 1 aliphatic carbocycles. The summed E-state index contributed by atoms with van der Waals surface area (Å²) in [4.78, 5) is 15.4. The van der Waals surface area contributed by atoms with Crippen molar-refractivity contribution < 1.29 is 54.8 Å². The summed E-state index contributed by atoms with van der Waals surface area (Å²) in [6.07, 6.45) is -9.28. The first-order chi connectivity index (χ1) is 14.4. The van der Waals surface area contributed by atoms with Gasteiger partial charge in [0.1, 0.15) is 24.4 Å². The molecule has 1 saturated heterocycles. The van der Waals surface area contributed by atoms with Gasteiger partial charge in [0.05, 0.1) is 43.4 Å². The van der Waals surface area contributed by atoms with E-state index in [2.05, 4.69) is 4.99 Å². The molecular formula is C18H30N2O11. The maximum absolute atomic E-state index is 11.4. The van der Waals surface area contributed by atoms with Gasteiger partial charge in [-0.2, -0.15) is 0 Å². The Balaban J connectivity index is 2.21. The zero-order valence-electron chi connectivity index (χ0n) is 17.2. The highest BCUT2D eigenvalue weighted by Crippen LogP contribution is 2.32. The summed E-state index contributed by atoms with van der Waals surface area (Å²) in [5, 5.41) is 68.9. The van der Waals surface area contributed by atoms with Crippen molar-refractivity contribution >= 4 is 11.7 Å². The lowest BCUT2D eigenvalue weighted by Gasteiger charge is -2.41. The molecule has 0 radical (unpaired) electrons. The maximum atomic E-state index is 11.4. The highest BCUT2D eigenvalue weighted by atomic mass is 16.7. The minimum absolute atomic E-state index is 0.000507. The monoisotopic (exact) mass is 450 g/mol. The van der Waals surface area contributed by atoms with E-state index in [1.807, 2.05) is 0 Å². The highest BCUT2D eigenvalue weighted by Gasteiger charge is 2.46. The van der Waals surface area contributed by atoms with Gasteiger partial charge in [-0.25, -0.2) is 4.79 Å². The van der Waals surface area contributed by atoms with Gasteiger partial charge in [-0.15, -0.1) is 0 Å². The first-order valence-electron chi connectivity index (χ1n) is 9.59. The molecule has 0 spiro atoms. The number of nitrogens with two attached hydrogens (primary N) is 1. The van der Waals surface area contributed by atoms with Crippen molar-refractivity contribution in [2.45, 2.75) is 68.2 Å². The third-order valence-electron chi connectivity index (χ3n) is 5.14. The van der Waals surface area contributed by atoms with Crippen LogP contribution in [0.4, 0.5) is 0 Å². The fourth-order valence-corrected chi connectivity index (χ4v) is 3.51. The Labute approximate surface area is 178 Å². The lowest BCUT2D eigenvalue weighted by atomic mass is 9.85. The molecule has 2 rings (SSSR count). The number of carbonyl (C=O) groups is 1. The van der Waals surface area contributed by atoms with E-state index >= 15 is 0 Å². The Hall–Kier alpha value is -1.84. The van der Waals surface area contributed by atoms with Gasteiger partial charge in [0.25, 0.3) is 0 Å². The van der Waals surface area contributed by atoms with Crippen LogP contribution in [0.2, 0.25) is 0 Å². The maximum Gasteiger partial charge on any atom is 0.331 e. The third kappa shape index (κ3) is 5.70. The molecule has 0 aromatic rings. The zero-order chi connectivity index (χ0) is 23.5. The summed E-state index contributed by atoms with van der Waals surface area (Å²) in [7, 11) is 1.30. The number of nitrogens with zero attached hydrogens (tertiary/aromatic N) is 1. The van der Waals surface area contributed by atoms with Crippen LogP contribution in [0.5, 0.6) is 0 Å². The molecule has 1 heterocycles. The van der Waals surface area contributed by atoms with E-state index in [0.29, 0.717) is 0 Å². The Morgan fingerprint density at radius 3 is 2.45 bits per heavy atom. The standard InChI is InChI=1S/C18H30N2O11/c1-7(22)11(16(26)27)20-9-4-18(28,3-8(19)15(9)29-2)6-30-17-14(25)13(24)12(23)10(5-21)31-17/h7,10-14,17,21-25,28H,3-6,19H2,1-2H3,(H,26,27)/t7?,10?,11?,12?,13?,14?,17?,18-/m1/s1. The van der Waals surface area contributed by atoms with Gasteiger partial charge in [0, 0.05) is 12.8 Å². The van der Waals surface area contributed by atoms with Crippen LogP contribution in [0.25, 0.3) is 0 Å². The van der Waals surface area contributed by atoms with Gasteiger partial charge in [0.15, 0.2) is 18.1 Å². The molecule has 13 heteroatoms. The summed E-state index contributed by atoms with van der Waals surface area (Å²) in [6, 6.07) is -1.53. The molecule has 1 fully saturated rings. The van der Waals surface area contributed by atoms with Crippen molar-refractivity contribution in [3.63, 3.8) is 0 Å². The fourth-order valence-electron chi connectivity index (χ4n) is 3.51. The van der Waals surface area contributed by atoms with Crippen LogP contribution in [0.15, 0.2) is 16.4 Å². The number of ether oxygens (including phenoxy) is 3. The van der Waals surface area contributed by atoms with Crippen LogP contribution in [0, 0.1) is 0 Å². The molecule has 13 nitrogen and oxygen atoms in total. The minimum Gasteiger partial charge on any atom is -0.493 e. The average molecular weight is 450 g/mol. The van der Waals surface area contributed by atoms with Gasteiger partial charge in [-0.05, 0) is 6.92 Å². The molecular weight excluding hydrogens is 420 g/mol. The van der Waals surface area contributed by atoms with Crippen LogP contribution in [-0.2, 0) is 19.0 Å². The van der Waals surface area contributed by atoms with Gasteiger partial charge >= 0.3 is 5.97 Å². The van der Waals surface area contributed by atoms with Crippen molar-refractivity contribution in [1.82, 2.24) is 0 Å². The van der Waals surface area contributed by atoms with Crippen LogP contribution in [-0.4, -0.2) is 116 Å². The summed E-state index contributed by atoms with van der Waals surface area (Å²) in [5.74, 6) is -1.31. The summed E-state index contributed by atoms with van der Waals surface area (Å²) in [5.41, 5.74) is 4.31. The zero-order valence-corrected chi connectivity index (χ0v) is 17.2. The molecule has 31 heavy (non-hydrogen) atoms. The number of carboxylic acids is 1. The van der Waals surface area contributed by atoms with E-state index < -0.39 is 67.6 Å². The lowest BCUT2D eigenvalue weighted by Crippen LogP contribution is -2.60. The number of hydrogen-bond acceptors (Lipinski definition) is 12. The van der Waals surface area contributed by atoms with E-state index in [1.54, 1.807) is 0 Å². The third-order valence-corrected chi connectivity index (χ3v) is 5.14. The molecule has 8 atom stereocenters. The van der Waals surface area contributed by atoms with Gasteiger partial charge in [-0.3, -0.25) is 4.99 Å². The number of allylic oxidation sites excluding steroid dienone is 1. The minimum atomic E-state index is -1.72. The van der Waals surface area contributed by atoms with Crippen molar-refractivity contribution in [3.05, 3.63) is 11.5 Å². The Kier molecular flexibility index (Phi) is 8.35. The fraction of sp³-hybridized carbons (Fsp3) is 0.778. The SMILES string of the molecule is COC1=C(N)C[C@](O)(COC2OC(CO)C(O)C(O)C2O)CC1=NC(C(=O)O)C(C)O. The second-order valence-corrected chi connectivity index (χ2v) is 7.74. The number of aliphatic imine (C=N–C) groups is 1. The molecule has 0 bridgehead atoms. The van der Waals surface area contributed by atoms with Crippen LogP contribution >= 0.6 is 0 Å². The number of methoxy groups -OCH3 is 1. The van der Waals surface area contributed by atoms with Crippen molar-refractivity contribution in [1.29, 1.82) is 0 Å². The van der Waals surface area contributed by atoms with Crippen LogP contribution in [0.3, 0.4) is 0 Å². The molecule has 0 amide bonds.